The van der Waals surface area contributed by atoms with E-state index >= 15 is 0 Å². The average Bonchev–Trinajstić information content (AvgIpc) is 3.02. The highest BCUT2D eigenvalue weighted by Gasteiger charge is 2.52. The molecule has 1 unspecified atom stereocenters. The Morgan fingerprint density at radius 2 is 1.71 bits per heavy atom. The van der Waals surface area contributed by atoms with E-state index < -0.39 is 0 Å². The van der Waals surface area contributed by atoms with Gasteiger partial charge in [-0.15, -0.1) is 0 Å². The fraction of sp³-hybridized carbons (Fsp3) is 0.944. The van der Waals surface area contributed by atoms with Crippen molar-refractivity contribution in [2.24, 2.45) is 5.41 Å². The second kappa shape index (κ2) is 5.91. The van der Waals surface area contributed by atoms with Gasteiger partial charge >= 0.3 is 0 Å². The number of amides is 1. The van der Waals surface area contributed by atoms with Crippen LogP contribution in [0.5, 0.6) is 0 Å². The number of hydrogen-bond donors (Lipinski definition) is 1. The Kier molecular flexibility index (Phi) is 4.31. The molecule has 0 aromatic carbocycles. The third kappa shape index (κ3) is 2.86. The summed E-state index contributed by atoms with van der Waals surface area (Å²) in [5.74, 6) is 0.422. The van der Waals surface area contributed by atoms with Crippen molar-refractivity contribution in [1.82, 2.24) is 10.2 Å². The second-order valence-corrected chi connectivity index (χ2v) is 8.04. The minimum Gasteiger partial charge on any atom is -0.325 e. The molecule has 1 atom stereocenters. The topological polar surface area (TPSA) is 32.3 Å². The average molecular weight is 292 g/mol. The molecule has 0 aromatic rings. The van der Waals surface area contributed by atoms with Crippen LogP contribution in [0.4, 0.5) is 0 Å². The van der Waals surface area contributed by atoms with E-state index in [1.165, 1.54) is 44.9 Å². The highest BCUT2D eigenvalue weighted by atomic mass is 16.2. The van der Waals surface area contributed by atoms with Crippen LogP contribution in [0, 0.1) is 5.41 Å². The van der Waals surface area contributed by atoms with Gasteiger partial charge in [-0.1, -0.05) is 52.4 Å². The molecule has 1 heterocycles. The largest absolute Gasteiger partial charge is 0.325 e. The molecule has 3 fully saturated rings. The molecule has 1 N–H and O–H groups in total. The summed E-state index contributed by atoms with van der Waals surface area (Å²) < 4.78 is 0. The van der Waals surface area contributed by atoms with Crippen molar-refractivity contribution in [2.75, 3.05) is 6.54 Å². The lowest BCUT2D eigenvalue weighted by Crippen LogP contribution is -2.45. The zero-order valence-corrected chi connectivity index (χ0v) is 13.9. The zero-order chi connectivity index (χ0) is 14.9. The fourth-order valence-corrected chi connectivity index (χ4v) is 4.87. The molecule has 2 saturated carbocycles. The van der Waals surface area contributed by atoms with Crippen molar-refractivity contribution >= 4 is 5.91 Å². The third-order valence-electron chi connectivity index (χ3n) is 6.12. The van der Waals surface area contributed by atoms with Gasteiger partial charge in [0.25, 0.3) is 0 Å². The Bertz CT molecular complexity index is 381. The first-order valence-electron chi connectivity index (χ1n) is 9.17. The van der Waals surface area contributed by atoms with E-state index in [1.54, 1.807) is 0 Å². The number of nitrogens with zero attached hydrogens (tertiary/aromatic N) is 1. The predicted molar refractivity (Wildman–Crippen MR) is 85.9 cm³/mol. The van der Waals surface area contributed by atoms with Crippen LogP contribution in [0.15, 0.2) is 0 Å². The van der Waals surface area contributed by atoms with Gasteiger partial charge in [0, 0.05) is 6.54 Å². The van der Waals surface area contributed by atoms with E-state index in [0.29, 0.717) is 17.5 Å². The fourth-order valence-electron chi connectivity index (χ4n) is 4.87. The number of nitrogens with one attached hydrogen (secondary N) is 1. The molecule has 0 bridgehead atoms. The highest BCUT2D eigenvalue weighted by Crippen LogP contribution is 2.41. The number of carbonyl (C=O) groups is 1. The van der Waals surface area contributed by atoms with Gasteiger partial charge in [-0.3, -0.25) is 10.1 Å². The van der Waals surface area contributed by atoms with Crippen LogP contribution in [-0.4, -0.2) is 29.1 Å². The molecule has 3 rings (SSSR count). The van der Waals surface area contributed by atoms with Crippen LogP contribution in [0.1, 0.15) is 84.5 Å². The van der Waals surface area contributed by atoms with Crippen molar-refractivity contribution in [3.05, 3.63) is 0 Å². The van der Waals surface area contributed by atoms with Gasteiger partial charge in [0.15, 0.2) is 0 Å². The van der Waals surface area contributed by atoms with Crippen molar-refractivity contribution in [3.63, 3.8) is 0 Å². The summed E-state index contributed by atoms with van der Waals surface area (Å²) in [6, 6.07) is 0. The SMILES string of the molecule is CCCC1NC2(CCCC2)C(=O)N1CC1(C)CCCCC1. The number of carbonyl (C=O) groups excluding carboxylic acids is 1. The summed E-state index contributed by atoms with van der Waals surface area (Å²) in [5.41, 5.74) is 0.163. The van der Waals surface area contributed by atoms with Crippen molar-refractivity contribution in [2.45, 2.75) is 96.2 Å². The van der Waals surface area contributed by atoms with Crippen LogP contribution >= 0.6 is 0 Å². The Hall–Kier alpha value is -0.570. The highest BCUT2D eigenvalue weighted by molar-refractivity contribution is 5.89. The predicted octanol–water partition coefficient (Wildman–Crippen LogP) is 3.83. The van der Waals surface area contributed by atoms with E-state index in [-0.39, 0.29) is 5.54 Å². The van der Waals surface area contributed by atoms with E-state index in [9.17, 15) is 4.79 Å². The van der Waals surface area contributed by atoms with E-state index in [1.807, 2.05) is 0 Å². The maximum Gasteiger partial charge on any atom is 0.244 e. The van der Waals surface area contributed by atoms with Gasteiger partial charge in [0.05, 0.1) is 11.7 Å². The molecule has 1 saturated heterocycles. The van der Waals surface area contributed by atoms with Crippen LogP contribution in [0.25, 0.3) is 0 Å². The summed E-state index contributed by atoms with van der Waals surface area (Å²) in [4.78, 5) is 15.3. The summed E-state index contributed by atoms with van der Waals surface area (Å²) in [6.45, 7) is 5.61. The molecule has 1 spiro atoms. The lowest BCUT2D eigenvalue weighted by Gasteiger charge is -2.39. The Labute approximate surface area is 129 Å². The first kappa shape index (κ1) is 15.3. The van der Waals surface area contributed by atoms with Crippen molar-refractivity contribution in [1.29, 1.82) is 0 Å². The van der Waals surface area contributed by atoms with E-state index in [4.69, 9.17) is 0 Å². The van der Waals surface area contributed by atoms with Gasteiger partial charge in [0.1, 0.15) is 0 Å². The molecular formula is C18H32N2O. The molecule has 0 radical (unpaired) electrons. The van der Waals surface area contributed by atoms with Gasteiger partial charge in [0.2, 0.25) is 5.91 Å². The van der Waals surface area contributed by atoms with Crippen LogP contribution in [0.2, 0.25) is 0 Å². The zero-order valence-electron chi connectivity index (χ0n) is 13.9. The first-order chi connectivity index (χ1) is 10.1. The minimum absolute atomic E-state index is 0.190. The molecule has 1 amide bonds. The number of rotatable bonds is 4. The lowest BCUT2D eigenvalue weighted by molar-refractivity contribution is -0.135. The molecule has 3 aliphatic rings. The molecule has 2 aliphatic carbocycles. The summed E-state index contributed by atoms with van der Waals surface area (Å²) in [6.07, 6.45) is 13.7. The van der Waals surface area contributed by atoms with E-state index in [0.717, 1.165) is 32.2 Å². The molecule has 3 nitrogen and oxygen atoms in total. The molecular weight excluding hydrogens is 260 g/mol. The Balaban J connectivity index is 1.75. The van der Waals surface area contributed by atoms with Crippen LogP contribution < -0.4 is 5.32 Å². The lowest BCUT2D eigenvalue weighted by atomic mass is 9.75. The molecule has 1 aliphatic heterocycles. The number of hydrogen-bond acceptors (Lipinski definition) is 2. The molecule has 0 aromatic heterocycles. The monoisotopic (exact) mass is 292 g/mol. The van der Waals surface area contributed by atoms with Crippen molar-refractivity contribution in [3.8, 4) is 0 Å². The third-order valence-corrected chi connectivity index (χ3v) is 6.12. The molecule has 120 valence electrons. The molecule has 3 heteroatoms. The summed E-state index contributed by atoms with van der Waals surface area (Å²) in [5, 5.41) is 3.75. The maximum absolute atomic E-state index is 13.1. The van der Waals surface area contributed by atoms with Crippen LogP contribution in [0.3, 0.4) is 0 Å². The smallest absolute Gasteiger partial charge is 0.244 e. The quantitative estimate of drug-likeness (QED) is 0.854. The minimum atomic E-state index is -0.190. The molecule has 21 heavy (non-hydrogen) atoms. The van der Waals surface area contributed by atoms with E-state index in [2.05, 4.69) is 24.1 Å². The Morgan fingerprint density at radius 3 is 2.33 bits per heavy atom. The van der Waals surface area contributed by atoms with Gasteiger partial charge in [-0.05, 0) is 37.5 Å². The van der Waals surface area contributed by atoms with Gasteiger partial charge in [-0.2, -0.15) is 0 Å². The normalized spacial score (nSPS) is 31.2. The van der Waals surface area contributed by atoms with Gasteiger partial charge < -0.3 is 4.90 Å². The first-order valence-corrected chi connectivity index (χ1v) is 9.17. The summed E-state index contributed by atoms with van der Waals surface area (Å²) in [7, 11) is 0. The second-order valence-electron chi connectivity index (χ2n) is 8.04. The van der Waals surface area contributed by atoms with Crippen LogP contribution in [-0.2, 0) is 4.79 Å². The van der Waals surface area contributed by atoms with Gasteiger partial charge in [-0.25, -0.2) is 0 Å². The van der Waals surface area contributed by atoms with Crippen molar-refractivity contribution < 1.29 is 4.79 Å². The summed E-state index contributed by atoms with van der Waals surface area (Å²) >= 11 is 0. The standard InChI is InChI=1S/C18H32N2O/c1-3-9-15-19-18(12-7-8-13-18)16(21)20(15)14-17(2)10-5-4-6-11-17/h15,19H,3-14H2,1-2H3. The maximum atomic E-state index is 13.1. The Morgan fingerprint density at radius 1 is 1.10 bits per heavy atom.